The third-order valence-corrected chi connectivity index (χ3v) is 4.90. The van der Waals surface area contributed by atoms with E-state index in [1.54, 1.807) is 11.3 Å². The molecule has 25 heavy (non-hydrogen) atoms. The Kier molecular flexibility index (Phi) is 4.31. The molecule has 1 amide bonds. The number of hydrogen-bond acceptors (Lipinski definition) is 4. The molecule has 3 aromatic carbocycles. The Bertz CT molecular complexity index is 1010. The van der Waals surface area contributed by atoms with Gasteiger partial charge < -0.3 is 10.1 Å². The number of nitrogens with zero attached hydrogens (tertiary/aromatic N) is 1. The van der Waals surface area contributed by atoms with Crippen LogP contribution in [0.2, 0.25) is 0 Å². The number of para-hydroxylation sites is 1. The second-order valence-electron chi connectivity index (χ2n) is 5.65. The zero-order valence-corrected chi connectivity index (χ0v) is 14.3. The van der Waals surface area contributed by atoms with E-state index in [1.165, 1.54) is 0 Å². The van der Waals surface area contributed by atoms with Gasteiger partial charge in [-0.3, -0.25) is 4.79 Å². The molecule has 0 atom stereocenters. The quantitative estimate of drug-likeness (QED) is 0.590. The fraction of sp³-hybridized carbons (Fsp3) is 0.100. The maximum Gasteiger partial charge on any atom is 0.258 e. The third-order valence-electron chi connectivity index (χ3n) is 3.87. The van der Waals surface area contributed by atoms with Crippen molar-refractivity contribution in [2.45, 2.75) is 6.54 Å². The lowest BCUT2D eigenvalue weighted by molar-refractivity contribution is -0.123. The van der Waals surface area contributed by atoms with Gasteiger partial charge in [0.15, 0.2) is 6.61 Å². The lowest BCUT2D eigenvalue weighted by Crippen LogP contribution is -2.28. The van der Waals surface area contributed by atoms with E-state index in [1.807, 2.05) is 66.7 Å². The number of aromatic nitrogens is 1. The van der Waals surface area contributed by atoms with Gasteiger partial charge in [0.2, 0.25) is 0 Å². The Morgan fingerprint density at radius 1 is 1.00 bits per heavy atom. The summed E-state index contributed by atoms with van der Waals surface area (Å²) in [6.45, 7) is 0.405. The predicted octanol–water partition coefficient (Wildman–Crippen LogP) is 4.14. The van der Waals surface area contributed by atoms with Crippen LogP contribution in [0.1, 0.15) is 5.01 Å². The maximum atomic E-state index is 12.0. The SMILES string of the molecule is O=C(COc1ccc2ccccc2c1)NCc1nc2ccccc2s1. The molecule has 0 saturated carbocycles. The summed E-state index contributed by atoms with van der Waals surface area (Å²) >= 11 is 1.59. The first-order chi connectivity index (χ1) is 12.3. The number of amides is 1. The van der Waals surface area contributed by atoms with Crippen LogP contribution in [0.5, 0.6) is 5.75 Å². The highest BCUT2D eigenvalue weighted by Gasteiger charge is 2.07. The summed E-state index contributed by atoms with van der Waals surface area (Å²) in [5, 5.41) is 5.98. The molecule has 1 N–H and O–H groups in total. The normalized spacial score (nSPS) is 10.9. The average molecular weight is 348 g/mol. The van der Waals surface area contributed by atoms with Gasteiger partial charge in [0.25, 0.3) is 5.91 Å². The smallest absolute Gasteiger partial charge is 0.258 e. The highest BCUT2D eigenvalue weighted by atomic mass is 32.1. The van der Waals surface area contributed by atoms with E-state index < -0.39 is 0 Å². The largest absolute Gasteiger partial charge is 0.484 e. The van der Waals surface area contributed by atoms with Crippen molar-refractivity contribution >= 4 is 38.2 Å². The zero-order chi connectivity index (χ0) is 17.1. The fourth-order valence-corrected chi connectivity index (χ4v) is 3.53. The van der Waals surface area contributed by atoms with Gasteiger partial charge in [0, 0.05) is 0 Å². The summed E-state index contributed by atoms with van der Waals surface area (Å²) in [5.74, 6) is 0.529. The van der Waals surface area contributed by atoms with Crippen molar-refractivity contribution in [2.75, 3.05) is 6.61 Å². The summed E-state index contributed by atoms with van der Waals surface area (Å²) < 4.78 is 6.72. The molecule has 0 spiro atoms. The average Bonchev–Trinajstić information content (AvgIpc) is 3.07. The number of benzene rings is 3. The van der Waals surface area contributed by atoms with Gasteiger partial charge in [-0.25, -0.2) is 4.98 Å². The van der Waals surface area contributed by atoms with Crippen LogP contribution in [-0.2, 0) is 11.3 Å². The van der Waals surface area contributed by atoms with Gasteiger partial charge in [0.05, 0.1) is 16.8 Å². The van der Waals surface area contributed by atoms with Gasteiger partial charge in [-0.1, -0.05) is 42.5 Å². The van der Waals surface area contributed by atoms with Crippen LogP contribution in [0.4, 0.5) is 0 Å². The molecule has 5 heteroatoms. The number of hydrogen-bond donors (Lipinski definition) is 1. The Morgan fingerprint density at radius 3 is 2.68 bits per heavy atom. The van der Waals surface area contributed by atoms with Crippen LogP contribution < -0.4 is 10.1 Å². The minimum absolute atomic E-state index is 0.0107. The molecular formula is C20H16N2O2S. The Labute approximate surface area is 149 Å². The Hall–Kier alpha value is -2.92. The second kappa shape index (κ2) is 6.91. The first-order valence-electron chi connectivity index (χ1n) is 8.01. The van der Waals surface area contributed by atoms with Gasteiger partial charge in [-0.05, 0) is 35.0 Å². The minimum Gasteiger partial charge on any atom is -0.484 e. The fourth-order valence-electron chi connectivity index (χ4n) is 2.63. The molecule has 4 aromatic rings. The third kappa shape index (κ3) is 3.61. The van der Waals surface area contributed by atoms with Crippen molar-refractivity contribution < 1.29 is 9.53 Å². The van der Waals surface area contributed by atoms with Crippen LogP contribution in [-0.4, -0.2) is 17.5 Å². The van der Waals surface area contributed by atoms with E-state index in [0.29, 0.717) is 12.3 Å². The van der Waals surface area contributed by atoms with Crippen LogP contribution in [0.25, 0.3) is 21.0 Å². The van der Waals surface area contributed by atoms with Crippen molar-refractivity contribution in [1.82, 2.24) is 10.3 Å². The number of carbonyl (C=O) groups excluding carboxylic acids is 1. The zero-order valence-electron chi connectivity index (χ0n) is 13.4. The molecule has 0 aliphatic rings. The molecule has 0 unspecified atom stereocenters. The second-order valence-corrected chi connectivity index (χ2v) is 6.76. The first kappa shape index (κ1) is 15.6. The molecule has 1 heterocycles. The Balaban J connectivity index is 1.33. The molecule has 0 aliphatic carbocycles. The summed E-state index contributed by atoms with van der Waals surface area (Å²) in [5.41, 5.74) is 0.962. The summed E-state index contributed by atoms with van der Waals surface area (Å²) in [7, 11) is 0. The molecule has 1 aromatic heterocycles. The number of fused-ring (bicyclic) bond motifs is 2. The van der Waals surface area contributed by atoms with E-state index in [4.69, 9.17) is 4.74 Å². The van der Waals surface area contributed by atoms with Gasteiger partial charge in [-0.2, -0.15) is 0 Å². The Morgan fingerprint density at radius 2 is 1.80 bits per heavy atom. The van der Waals surface area contributed by atoms with E-state index in [0.717, 1.165) is 26.0 Å². The highest BCUT2D eigenvalue weighted by molar-refractivity contribution is 7.18. The maximum absolute atomic E-state index is 12.0. The number of carbonyl (C=O) groups is 1. The number of nitrogens with one attached hydrogen (secondary N) is 1. The highest BCUT2D eigenvalue weighted by Crippen LogP contribution is 2.22. The molecule has 0 saturated heterocycles. The van der Waals surface area contributed by atoms with E-state index in [-0.39, 0.29) is 12.5 Å². The van der Waals surface area contributed by atoms with Gasteiger partial charge in [-0.15, -0.1) is 11.3 Å². The van der Waals surface area contributed by atoms with E-state index >= 15 is 0 Å². The number of ether oxygens (including phenoxy) is 1. The molecule has 124 valence electrons. The molecular weight excluding hydrogens is 332 g/mol. The topological polar surface area (TPSA) is 51.2 Å². The van der Waals surface area contributed by atoms with Crippen molar-refractivity contribution in [1.29, 1.82) is 0 Å². The number of rotatable bonds is 5. The van der Waals surface area contributed by atoms with E-state index in [2.05, 4.69) is 10.3 Å². The lowest BCUT2D eigenvalue weighted by Gasteiger charge is -2.07. The van der Waals surface area contributed by atoms with Crippen molar-refractivity contribution in [3.05, 3.63) is 71.7 Å². The molecule has 0 fully saturated rings. The van der Waals surface area contributed by atoms with Crippen LogP contribution in [0.3, 0.4) is 0 Å². The van der Waals surface area contributed by atoms with Crippen molar-refractivity contribution in [2.24, 2.45) is 0 Å². The first-order valence-corrected chi connectivity index (χ1v) is 8.82. The summed E-state index contributed by atoms with van der Waals surface area (Å²) in [4.78, 5) is 16.5. The van der Waals surface area contributed by atoms with Crippen molar-refractivity contribution in [3.8, 4) is 5.75 Å². The van der Waals surface area contributed by atoms with Crippen LogP contribution in [0, 0.1) is 0 Å². The summed E-state index contributed by atoms with van der Waals surface area (Å²) in [6, 6.07) is 21.8. The van der Waals surface area contributed by atoms with Crippen LogP contribution in [0.15, 0.2) is 66.7 Å². The van der Waals surface area contributed by atoms with Gasteiger partial charge >= 0.3 is 0 Å². The molecule has 0 aliphatic heterocycles. The lowest BCUT2D eigenvalue weighted by atomic mass is 10.1. The molecule has 4 rings (SSSR count). The number of thiazole rings is 1. The monoisotopic (exact) mass is 348 g/mol. The molecule has 0 bridgehead atoms. The molecule has 0 radical (unpaired) electrons. The van der Waals surface area contributed by atoms with Crippen molar-refractivity contribution in [3.63, 3.8) is 0 Å². The van der Waals surface area contributed by atoms with Crippen LogP contribution >= 0.6 is 11.3 Å². The predicted molar refractivity (Wildman–Crippen MR) is 101 cm³/mol. The molecule has 4 nitrogen and oxygen atoms in total. The minimum atomic E-state index is -0.160. The van der Waals surface area contributed by atoms with Gasteiger partial charge in [0.1, 0.15) is 10.8 Å². The standard InChI is InChI=1S/C20H16N2O2S/c23-19(21-12-20-22-17-7-3-4-8-18(17)25-20)13-24-16-10-9-14-5-1-2-6-15(14)11-16/h1-11H,12-13H2,(H,21,23). The van der Waals surface area contributed by atoms with E-state index in [9.17, 15) is 4.79 Å². The summed E-state index contributed by atoms with van der Waals surface area (Å²) in [6.07, 6.45) is 0.